The molecule has 1 heterocycles. The second-order valence-electron chi connectivity index (χ2n) is 3.11. The minimum Gasteiger partial charge on any atom is -0.370 e. The lowest BCUT2D eigenvalue weighted by Gasteiger charge is -2.02. The van der Waals surface area contributed by atoms with Gasteiger partial charge in [0.2, 0.25) is 5.91 Å². The molecule has 1 amide bonds. The van der Waals surface area contributed by atoms with Gasteiger partial charge in [0.05, 0.1) is 12.3 Å². The van der Waals surface area contributed by atoms with Gasteiger partial charge < -0.3 is 15.8 Å². The highest BCUT2D eigenvalue weighted by Gasteiger charge is 2.02. The van der Waals surface area contributed by atoms with Crippen LogP contribution in [0.25, 0.3) is 0 Å². The van der Waals surface area contributed by atoms with Crippen LogP contribution < -0.4 is 11.1 Å². The third kappa shape index (κ3) is 4.26. The molecule has 15 heavy (non-hydrogen) atoms. The first-order valence-electron chi connectivity index (χ1n) is 4.63. The maximum atomic E-state index is 10.3. The molecule has 0 spiro atoms. The Morgan fingerprint density at radius 1 is 1.60 bits per heavy atom. The Balaban J connectivity index is 2.18. The number of rotatable bonds is 6. The molecular formula is C9H15N3O2S. The molecule has 0 unspecified atom stereocenters. The Bertz CT molecular complexity index is 319. The van der Waals surface area contributed by atoms with Crippen LogP contribution in [0.4, 0.5) is 5.13 Å². The molecule has 84 valence electrons. The van der Waals surface area contributed by atoms with E-state index >= 15 is 0 Å². The summed E-state index contributed by atoms with van der Waals surface area (Å²) in [4.78, 5) is 15.9. The molecule has 5 nitrogen and oxygen atoms in total. The summed E-state index contributed by atoms with van der Waals surface area (Å²) in [5, 5.41) is 3.99. The van der Waals surface area contributed by atoms with Gasteiger partial charge in [-0.05, 0) is 13.8 Å². The molecule has 0 aromatic carbocycles. The zero-order valence-electron chi connectivity index (χ0n) is 8.87. The normalized spacial score (nSPS) is 10.3. The Morgan fingerprint density at radius 3 is 2.87 bits per heavy atom. The topological polar surface area (TPSA) is 77.2 Å². The van der Waals surface area contributed by atoms with Crippen molar-refractivity contribution in [2.24, 2.45) is 5.73 Å². The summed E-state index contributed by atoms with van der Waals surface area (Å²) >= 11 is 1.61. The summed E-state index contributed by atoms with van der Waals surface area (Å²) in [5.41, 5.74) is 5.96. The lowest BCUT2D eigenvalue weighted by atomic mass is 10.4. The van der Waals surface area contributed by atoms with Crippen LogP contribution in [0.1, 0.15) is 10.6 Å². The van der Waals surface area contributed by atoms with Gasteiger partial charge in [-0.2, -0.15) is 0 Å². The van der Waals surface area contributed by atoms with E-state index in [2.05, 4.69) is 10.3 Å². The second-order valence-corrected chi connectivity index (χ2v) is 4.31. The molecule has 0 saturated carbocycles. The summed E-state index contributed by atoms with van der Waals surface area (Å²) < 4.78 is 4.99. The molecule has 0 aliphatic heterocycles. The number of carbonyl (C=O) groups excluding carboxylic acids is 1. The monoisotopic (exact) mass is 229 g/mol. The zero-order chi connectivity index (χ0) is 11.3. The van der Waals surface area contributed by atoms with Crippen LogP contribution in [-0.4, -0.2) is 30.6 Å². The Labute approximate surface area is 92.6 Å². The molecule has 0 bridgehead atoms. The number of primary amides is 1. The van der Waals surface area contributed by atoms with Crippen LogP contribution in [0.15, 0.2) is 0 Å². The smallest absolute Gasteiger partial charge is 0.243 e. The number of nitrogens with two attached hydrogens (primary N) is 1. The predicted molar refractivity (Wildman–Crippen MR) is 60.1 cm³/mol. The van der Waals surface area contributed by atoms with Gasteiger partial charge in [0.25, 0.3) is 0 Å². The number of nitrogens with zero attached hydrogens (tertiary/aromatic N) is 1. The van der Waals surface area contributed by atoms with Crippen molar-refractivity contribution < 1.29 is 9.53 Å². The number of amides is 1. The van der Waals surface area contributed by atoms with Crippen molar-refractivity contribution >= 4 is 22.4 Å². The Kier molecular flexibility index (Phi) is 4.51. The molecule has 0 radical (unpaired) electrons. The van der Waals surface area contributed by atoms with Crippen LogP contribution in [0.3, 0.4) is 0 Å². The summed E-state index contributed by atoms with van der Waals surface area (Å²) in [7, 11) is 0. The fourth-order valence-electron chi connectivity index (χ4n) is 0.951. The van der Waals surface area contributed by atoms with Crippen molar-refractivity contribution in [1.82, 2.24) is 4.98 Å². The first-order chi connectivity index (χ1) is 7.09. The second kappa shape index (κ2) is 5.67. The first-order valence-corrected chi connectivity index (χ1v) is 5.45. The highest BCUT2D eigenvalue weighted by molar-refractivity contribution is 7.15. The summed E-state index contributed by atoms with van der Waals surface area (Å²) in [5.74, 6) is -0.448. The number of anilines is 1. The van der Waals surface area contributed by atoms with Crippen LogP contribution >= 0.6 is 11.3 Å². The molecule has 3 N–H and O–H groups in total. The minimum atomic E-state index is -0.448. The third-order valence-corrected chi connectivity index (χ3v) is 2.83. The van der Waals surface area contributed by atoms with Gasteiger partial charge in [-0.3, -0.25) is 4.79 Å². The minimum absolute atomic E-state index is 0.0302. The summed E-state index contributed by atoms with van der Waals surface area (Å²) in [6, 6.07) is 0. The van der Waals surface area contributed by atoms with Crippen LogP contribution in [0, 0.1) is 13.8 Å². The summed E-state index contributed by atoms with van der Waals surface area (Å²) in [6.45, 7) is 5.04. The number of aryl methyl sites for hydroxylation is 2. The van der Waals surface area contributed by atoms with E-state index < -0.39 is 5.91 Å². The molecule has 0 atom stereocenters. The predicted octanol–water partition coefficient (Wildman–Crippen LogP) is 0.674. The van der Waals surface area contributed by atoms with Crippen molar-refractivity contribution in [3.8, 4) is 0 Å². The van der Waals surface area contributed by atoms with E-state index in [0.717, 1.165) is 10.8 Å². The lowest BCUT2D eigenvalue weighted by Crippen LogP contribution is -2.20. The highest BCUT2D eigenvalue weighted by atomic mass is 32.1. The molecule has 1 aromatic rings. The molecule has 0 fully saturated rings. The van der Waals surface area contributed by atoms with Crippen LogP contribution in [-0.2, 0) is 9.53 Å². The molecule has 1 aromatic heterocycles. The number of ether oxygens (including phenoxy) is 1. The molecule has 0 aliphatic carbocycles. The quantitative estimate of drug-likeness (QED) is 0.703. The zero-order valence-corrected chi connectivity index (χ0v) is 9.69. The van der Waals surface area contributed by atoms with Gasteiger partial charge in [-0.15, -0.1) is 11.3 Å². The van der Waals surface area contributed by atoms with E-state index in [1.807, 2.05) is 13.8 Å². The molecule has 6 heteroatoms. The number of carbonyl (C=O) groups is 1. The standard InChI is InChI=1S/C9H15N3O2S/c1-6-7(2)15-9(12-6)11-3-4-14-5-8(10)13/h3-5H2,1-2H3,(H2,10,13)(H,11,12). The van der Waals surface area contributed by atoms with Crippen molar-refractivity contribution in [1.29, 1.82) is 0 Å². The van der Waals surface area contributed by atoms with E-state index in [4.69, 9.17) is 10.5 Å². The van der Waals surface area contributed by atoms with E-state index in [9.17, 15) is 4.79 Å². The lowest BCUT2D eigenvalue weighted by molar-refractivity contribution is -0.122. The van der Waals surface area contributed by atoms with E-state index in [0.29, 0.717) is 13.2 Å². The van der Waals surface area contributed by atoms with Crippen molar-refractivity contribution in [3.63, 3.8) is 0 Å². The number of thiazole rings is 1. The maximum Gasteiger partial charge on any atom is 0.243 e. The van der Waals surface area contributed by atoms with Crippen molar-refractivity contribution in [3.05, 3.63) is 10.6 Å². The van der Waals surface area contributed by atoms with Gasteiger partial charge in [0, 0.05) is 11.4 Å². The van der Waals surface area contributed by atoms with Gasteiger partial charge in [0.15, 0.2) is 5.13 Å². The van der Waals surface area contributed by atoms with Crippen LogP contribution in [0.5, 0.6) is 0 Å². The average Bonchev–Trinajstić information content (AvgIpc) is 2.45. The third-order valence-electron chi connectivity index (χ3n) is 1.80. The number of nitrogens with one attached hydrogen (secondary N) is 1. The van der Waals surface area contributed by atoms with Gasteiger partial charge in [0.1, 0.15) is 6.61 Å². The van der Waals surface area contributed by atoms with Crippen LogP contribution in [0.2, 0.25) is 0 Å². The number of aromatic nitrogens is 1. The van der Waals surface area contributed by atoms with Gasteiger partial charge in [-0.25, -0.2) is 4.98 Å². The first kappa shape index (κ1) is 11.9. The van der Waals surface area contributed by atoms with Crippen molar-refractivity contribution in [2.45, 2.75) is 13.8 Å². The van der Waals surface area contributed by atoms with E-state index in [-0.39, 0.29) is 6.61 Å². The average molecular weight is 229 g/mol. The van der Waals surface area contributed by atoms with E-state index in [1.165, 1.54) is 4.88 Å². The van der Waals surface area contributed by atoms with Gasteiger partial charge in [-0.1, -0.05) is 0 Å². The van der Waals surface area contributed by atoms with E-state index in [1.54, 1.807) is 11.3 Å². The number of hydrogen-bond donors (Lipinski definition) is 2. The molecule has 0 aliphatic rings. The highest BCUT2D eigenvalue weighted by Crippen LogP contribution is 2.20. The SMILES string of the molecule is Cc1nc(NCCOCC(N)=O)sc1C. The fraction of sp³-hybridized carbons (Fsp3) is 0.556. The fourth-order valence-corrected chi connectivity index (χ4v) is 1.79. The number of hydrogen-bond acceptors (Lipinski definition) is 5. The van der Waals surface area contributed by atoms with Crippen molar-refractivity contribution in [2.75, 3.05) is 25.1 Å². The molecular weight excluding hydrogens is 214 g/mol. The molecule has 1 rings (SSSR count). The van der Waals surface area contributed by atoms with Gasteiger partial charge >= 0.3 is 0 Å². The Hall–Kier alpha value is -1.14. The Morgan fingerprint density at radius 2 is 2.33 bits per heavy atom. The summed E-state index contributed by atoms with van der Waals surface area (Å²) in [6.07, 6.45) is 0. The maximum absolute atomic E-state index is 10.3. The largest absolute Gasteiger partial charge is 0.370 e. The molecule has 0 saturated heterocycles.